The molecule has 2 aromatic rings. The van der Waals surface area contributed by atoms with E-state index in [9.17, 15) is 4.79 Å². The third-order valence-corrected chi connectivity index (χ3v) is 3.62. The Hall–Kier alpha value is -2.73. The van der Waals surface area contributed by atoms with Crippen LogP contribution in [-0.2, 0) is 16.1 Å². The number of nitrogens with zero attached hydrogens (tertiary/aromatic N) is 1. The lowest BCUT2D eigenvalue weighted by molar-refractivity contribution is -0.125. The van der Waals surface area contributed by atoms with E-state index in [0.29, 0.717) is 23.6 Å². The van der Waals surface area contributed by atoms with E-state index in [4.69, 9.17) is 26.9 Å². The molecule has 0 unspecified atom stereocenters. The van der Waals surface area contributed by atoms with Gasteiger partial charge in [0, 0.05) is 17.1 Å². The number of rotatable bonds is 8. The van der Waals surface area contributed by atoms with Crippen molar-refractivity contribution in [2.75, 3.05) is 20.3 Å². The Morgan fingerprint density at radius 1 is 1.24 bits per heavy atom. The lowest BCUT2D eigenvalue weighted by Gasteiger charge is -2.09. The molecule has 0 saturated carbocycles. The van der Waals surface area contributed by atoms with Gasteiger partial charge in [0.1, 0.15) is 5.75 Å². The maximum Gasteiger partial charge on any atom is 0.260 e. The lowest BCUT2D eigenvalue weighted by atomic mass is 10.1. The van der Waals surface area contributed by atoms with Crippen molar-refractivity contribution in [1.29, 1.82) is 0 Å². The van der Waals surface area contributed by atoms with Crippen LogP contribution in [0.3, 0.4) is 0 Å². The Morgan fingerprint density at radius 3 is 2.80 bits per heavy atom. The number of nitrogens with one attached hydrogen (secondary N) is 1. The van der Waals surface area contributed by atoms with Crippen LogP contribution in [0.1, 0.15) is 11.1 Å². The molecule has 0 spiro atoms. The Kier molecular flexibility index (Phi) is 7.10. The summed E-state index contributed by atoms with van der Waals surface area (Å²) in [5.41, 5.74) is 7.43. The minimum atomic E-state index is -0.280. The van der Waals surface area contributed by atoms with E-state index in [1.807, 2.05) is 24.3 Å². The first-order valence-corrected chi connectivity index (χ1v) is 8.08. The van der Waals surface area contributed by atoms with Gasteiger partial charge in [0.05, 0.1) is 7.11 Å². The van der Waals surface area contributed by atoms with Crippen molar-refractivity contribution < 1.29 is 14.4 Å². The predicted octanol–water partition coefficient (Wildman–Crippen LogP) is 2.34. The zero-order valence-electron chi connectivity index (χ0n) is 13.9. The fourth-order valence-electron chi connectivity index (χ4n) is 2.16. The number of ether oxygens (including phenoxy) is 1. The average molecular weight is 362 g/mol. The largest absolute Gasteiger partial charge is 0.496 e. The third kappa shape index (κ3) is 6.00. The molecule has 0 aliphatic rings. The van der Waals surface area contributed by atoms with E-state index in [-0.39, 0.29) is 18.3 Å². The first-order chi connectivity index (χ1) is 12.1. The molecular weight excluding hydrogens is 342 g/mol. The second-order valence-corrected chi connectivity index (χ2v) is 5.61. The number of benzene rings is 2. The molecular formula is C18H20ClN3O3. The molecule has 0 aliphatic carbocycles. The highest BCUT2D eigenvalue weighted by molar-refractivity contribution is 6.31. The Bertz CT molecular complexity index is 750. The molecule has 6 nitrogen and oxygen atoms in total. The van der Waals surface area contributed by atoms with Crippen LogP contribution in [-0.4, -0.2) is 32.0 Å². The molecule has 3 N–H and O–H groups in total. The molecule has 25 heavy (non-hydrogen) atoms. The Labute approximate surface area is 151 Å². The van der Waals surface area contributed by atoms with Gasteiger partial charge in [-0.25, -0.2) is 0 Å². The number of amidine groups is 1. The van der Waals surface area contributed by atoms with Gasteiger partial charge in [0.2, 0.25) is 0 Å². The minimum absolute atomic E-state index is 0.157. The number of methoxy groups -OCH3 is 1. The van der Waals surface area contributed by atoms with Crippen LogP contribution in [0.2, 0.25) is 5.02 Å². The highest BCUT2D eigenvalue weighted by Crippen LogP contribution is 2.17. The molecule has 0 fully saturated rings. The second-order valence-electron chi connectivity index (χ2n) is 5.17. The second kappa shape index (κ2) is 9.54. The van der Waals surface area contributed by atoms with E-state index >= 15 is 0 Å². The summed E-state index contributed by atoms with van der Waals surface area (Å²) in [6.07, 6.45) is 0.656. The molecule has 2 rings (SSSR count). The van der Waals surface area contributed by atoms with Crippen LogP contribution in [0.5, 0.6) is 5.75 Å². The summed E-state index contributed by atoms with van der Waals surface area (Å²) in [5, 5.41) is 7.02. The molecule has 132 valence electrons. The minimum Gasteiger partial charge on any atom is -0.496 e. The average Bonchev–Trinajstić information content (AvgIpc) is 2.62. The number of oxime groups is 1. The van der Waals surface area contributed by atoms with E-state index in [0.717, 1.165) is 11.3 Å². The third-order valence-electron chi connectivity index (χ3n) is 3.39. The van der Waals surface area contributed by atoms with Crippen molar-refractivity contribution >= 4 is 23.3 Å². The molecule has 1 amide bonds. The van der Waals surface area contributed by atoms with Crippen LogP contribution < -0.4 is 15.8 Å². The normalized spacial score (nSPS) is 11.0. The summed E-state index contributed by atoms with van der Waals surface area (Å²) in [4.78, 5) is 16.7. The van der Waals surface area contributed by atoms with Gasteiger partial charge in [-0.3, -0.25) is 4.79 Å². The zero-order valence-corrected chi connectivity index (χ0v) is 14.6. The monoisotopic (exact) mass is 361 g/mol. The summed E-state index contributed by atoms with van der Waals surface area (Å²) in [7, 11) is 1.62. The number of carbonyl (C=O) groups is 1. The fraction of sp³-hybridized carbons (Fsp3) is 0.222. The predicted molar refractivity (Wildman–Crippen MR) is 97.8 cm³/mol. The van der Waals surface area contributed by atoms with Crippen molar-refractivity contribution in [2.24, 2.45) is 10.9 Å². The maximum atomic E-state index is 11.8. The molecule has 0 aromatic heterocycles. The van der Waals surface area contributed by atoms with E-state index < -0.39 is 0 Å². The van der Waals surface area contributed by atoms with Crippen LogP contribution in [0.15, 0.2) is 53.7 Å². The van der Waals surface area contributed by atoms with E-state index in [1.54, 1.807) is 31.4 Å². The fourth-order valence-corrected chi connectivity index (χ4v) is 2.35. The summed E-state index contributed by atoms with van der Waals surface area (Å²) in [6, 6.07) is 14.6. The molecule has 2 aromatic carbocycles. The molecule has 0 bridgehead atoms. The van der Waals surface area contributed by atoms with Gasteiger partial charge < -0.3 is 20.6 Å². The van der Waals surface area contributed by atoms with Crippen LogP contribution >= 0.6 is 11.6 Å². The number of hydrogen-bond acceptors (Lipinski definition) is 4. The van der Waals surface area contributed by atoms with E-state index in [1.165, 1.54) is 0 Å². The van der Waals surface area contributed by atoms with Crippen LogP contribution in [0.4, 0.5) is 0 Å². The Morgan fingerprint density at radius 2 is 2.04 bits per heavy atom. The summed E-state index contributed by atoms with van der Waals surface area (Å²) in [6.45, 7) is 0.253. The number of hydrogen-bond donors (Lipinski definition) is 2. The molecule has 0 saturated heterocycles. The van der Waals surface area contributed by atoms with Crippen LogP contribution in [0, 0.1) is 0 Å². The Balaban J connectivity index is 1.74. The highest BCUT2D eigenvalue weighted by Gasteiger charge is 2.05. The summed E-state index contributed by atoms with van der Waals surface area (Å²) < 4.78 is 5.27. The smallest absolute Gasteiger partial charge is 0.260 e. The van der Waals surface area contributed by atoms with Crippen molar-refractivity contribution in [3.05, 3.63) is 64.7 Å². The van der Waals surface area contributed by atoms with Crippen molar-refractivity contribution in [2.45, 2.75) is 6.42 Å². The van der Waals surface area contributed by atoms with Gasteiger partial charge in [-0.2, -0.15) is 0 Å². The molecule has 0 radical (unpaired) electrons. The number of halogens is 1. The maximum absolute atomic E-state index is 11.8. The van der Waals surface area contributed by atoms with Gasteiger partial charge in [0.15, 0.2) is 12.4 Å². The number of nitrogens with two attached hydrogens (primary N) is 1. The first-order valence-electron chi connectivity index (χ1n) is 7.70. The van der Waals surface area contributed by atoms with Crippen molar-refractivity contribution in [1.82, 2.24) is 5.32 Å². The molecule has 7 heteroatoms. The number of para-hydroxylation sites is 1. The van der Waals surface area contributed by atoms with Crippen LogP contribution in [0.25, 0.3) is 0 Å². The zero-order chi connectivity index (χ0) is 18.1. The summed E-state index contributed by atoms with van der Waals surface area (Å²) in [5.74, 6) is 0.675. The topological polar surface area (TPSA) is 85.9 Å². The van der Waals surface area contributed by atoms with E-state index in [2.05, 4.69) is 10.5 Å². The molecule has 0 heterocycles. The molecule has 0 aliphatic heterocycles. The van der Waals surface area contributed by atoms with Gasteiger partial charge in [0.25, 0.3) is 5.91 Å². The van der Waals surface area contributed by atoms with Gasteiger partial charge in [-0.05, 0) is 30.2 Å². The number of amides is 1. The SMILES string of the molecule is COc1ccccc1CCNC(=O)CO/N=C(\N)c1cccc(Cl)c1. The highest BCUT2D eigenvalue weighted by atomic mass is 35.5. The standard InChI is InChI=1S/C18H20ClN3O3/c1-24-16-8-3-2-5-13(16)9-10-21-17(23)12-25-22-18(20)14-6-4-7-15(19)11-14/h2-8,11H,9-10,12H2,1H3,(H2,20,22)(H,21,23). The first kappa shape index (κ1) is 18.6. The van der Waals surface area contributed by atoms with Gasteiger partial charge in [-0.15, -0.1) is 0 Å². The quantitative estimate of drug-likeness (QED) is 0.429. The lowest BCUT2D eigenvalue weighted by Crippen LogP contribution is -2.29. The van der Waals surface area contributed by atoms with Crippen molar-refractivity contribution in [3.63, 3.8) is 0 Å². The van der Waals surface area contributed by atoms with Gasteiger partial charge >= 0.3 is 0 Å². The summed E-state index contributed by atoms with van der Waals surface area (Å²) >= 11 is 5.88. The molecule has 0 atom stereocenters. The van der Waals surface area contributed by atoms with Crippen molar-refractivity contribution in [3.8, 4) is 5.75 Å². The number of carbonyl (C=O) groups excluding carboxylic acids is 1. The van der Waals surface area contributed by atoms with Gasteiger partial charge in [-0.1, -0.05) is 47.1 Å².